The van der Waals surface area contributed by atoms with Gasteiger partial charge in [-0.05, 0) is 42.4 Å². The molecule has 0 aliphatic carbocycles. The average molecular weight is 327 g/mol. The lowest BCUT2D eigenvalue weighted by Crippen LogP contribution is -2.05. The number of para-hydroxylation sites is 1. The van der Waals surface area contributed by atoms with E-state index in [4.69, 9.17) is 5.73 Å². The van der Waals surface area contributed by atoms with Crippen LogP contribution >= 0.6 is 11.8 Å². The van der Waals surface area contributed by atoms with Crippen molar-refractivity contribution in [2.75, 3.05) is 11.5 Å². The Hall–Kier alpha value is -1.74. The fourth-order valence-electron chi connectivity index (χ4n) is 2.48. The maximum absolute atomic E-state index is 12.0. The van der Waals surface area contributed by atoms with E-state index in [1.807, 2.05) is 42.1 Å². The van der Waals surface area contributed by atoms with Crippen molar-refractivity contribution in [1.29, 1.82) is 0 Å². The van der Waals surface area contributed by atoms with E-state index in [1.54, 1.807) is 0 Å². The number of thioether (sulfide) groups is 1. The number of hydrogen-bond donors (Lipinski definition) is 1. The van der Waals surface area contributed by atoms with Gasteiger partial charge >= 0.3 is 0 Å². The van der Waals surface area contributed by atoms with Gasteiger partial charge in [0.25, 0.3) is 0 Å². The Morgan fingerprint density at radius 2 is 1.57 bits per heavy atom. The minimum absolute atomic E-state index is 0.293. The largest absolute Gasteiger partial charge is 0.398 e. The van der Waals surface area contributed by atoms with Crippen molar-refractivity contribution in [3.63, 3.8) is 0 Å². The van der Waals surface area contributed by atoms with Crippen LogP contribution < -0.4 is 5.73 Å². The molecule has 0 bridgehead atoms. The molecule has 0 fully saturated rings. The van der Waals surface area contributed by atoms with Crippen LogP contribution in [-0.4, -0.2) is 11.5 Å². The van der Waals surface area contributed by atoms with Gasteiger partial charge in [0.1, 0.15) is 5.78 Å². The molecule has 0 spiro atoms. The molecule has 2 N–H and O–H groups in total. The van der Waals surface area contributed by atoms with E-state index in [0.29, 0.717) is 18.6 Å². The number of carbonyl (C=O) groups excluding carboxylic acids is 1. The molecule has 0 heterocycles. The second-order valence-electron chi connectivity index (χ2n) is 5.74. The summed E-state index contributed by atoms with van der Waals surface area (Å²) in [6, 6.07) is 18.1. The van der Waals surface area contributed by atoms with E-state index in [2.05, 4.69) is 24.3 Å². The number of unbranched alkanes of at least 4 members (excludes halogenated alkanes) is 3. The molecule has 122 valence electrons. The minimum atomic E-state index is 0.293. The number of rotatable bonds is 10. The maximum Gasteiger partial charge on any atom is 0.137 e. The van der Waals surface area contributed by atoms with Crippen molar-refractivity contribution >= 4 is 23.2 Å². The van der Waals surface area contributed by atoms with Gasteiger partial charge < -0.3 is 5.73 Å². The molecule has 2 aromatic carbocycles. The standard InChI is InChI=1S/C20H25NOS/c21-20-14-8-7-10-17(20)16-18(22)11-4-1-2-9-15-23-19-12-5-3-6-13-19/h3,5-8,10,12-14H,1-2,4,9,11,15-16,21H2. The number of nitrogen functional groups attached to an aromatic ring is 1. The molecule has 23 heavy (non-hydrogen) atoms. The van der Waals surface area contributed by atoms with Crippen molar-refractivity contribution in [1.82, 2.24) is 0 Å². The first-order chi connectivity index (χ1) is 11.3. The van der Waals surface area contributed by atoms with E-state index in [0.717, 1.165) is 29.8 Å². The highest BCUT2D eigenvalue weighted by atomic mass is 32.2. The molecule has 0 amide bonds. The summed E-state index contributed by atoms with van der Waals surface area (Å²) in [4.78, 5) is 13.3. The van der Waals surface area contributed by atoms with Crippen LogP contribution in [0, 0.1) is 0 Å². The SMILES string of the molecule is Nc1ccccc1CC(=O)CCCCCCSc1ccccc1. The van der Waals surface area contributed by atoms with Gasteiger partial charge in [0.2, 0.25) is 0 Å². The van der Waals surface area contributed by atoms with E-state index < -0.39 is 0 Å². The smallest absolute Gasteiger partial charge is 0.137 e. The number of anilines is 1. The Morgan fingerprint density at radius 3 is 2.35 bits per heavy atom. The van der Waals surface area contributed by atoms with Crippen LogP contribution in [0.25, 0.3) is 0 Å². The van der Waals surface area contributed by atoms with Gasteiger partial charge in [0.05, 0.1) is 0 Å². The third kappa shape index (κ3) is 6.91. The normalized spacial score (nSPS) is 10.6. The van der Waals surface area contributed by atoms with E-state index in [9.17, 15) is 4.79 Å². The molecule has 0 saturated carbocycles. The summed E-state index contributed by atoms with van der Waals surface area (Å²) >= 11 is 1.91. The molecule has 0 aromatic heterocycles. The molecule has 0 saturated heterocycles. The molecule has 0 aliphatic rings. The maximum atomic E-state index is 12.0. The molecular weight excluding hydrogens is 302 g/mol. The lowest BCUT2D eigenvalue weighted by atomic mass is 10.0. The van der Waals surface area contributed by atoms with Gasteiger partial charge in [0, 0.05) is 23.4 Å². The molecule has 0 atom stereocenters. The molecule has 2 aromatic rings. The molecule has 2 rings (SSSR count). The Balaban J connectivity index is 1.52. The van der Waals surface area contributed by atoms with Crippen LogP contribution in [0.2, 0.25) is 0 Å². The zero-order valence-electron chi connectivity index (χ0n) is 13.5. The Kier molecular flexibility index (Phi) is 7.74. The highest BCUT2D eigenvalue weighted by Crippen LogP contribution is 2.19. The van der Waals surface area contributed by atoms with Crippen molar-refractivity contribution in [2.45, 2.75) is 43.4 Å². The predicted octanol–water partition coefficient (Wildman–Crippen LogP) is 5.12. The second kappa shape index (κ2) is 10.1. The predicted molar refractivity (Wildman–Crippen MR) is 99.8 cm³/mol. The molecule has 0 aliphatic heterocycles. The quantitative estimate of drug-likeness (QED) is 0.374. The summed E-state index contributed by atoms with van der Waals surface area (Å²) in [5.41, 5.74) is 7.55. The van der Waals surface area contributed by atoms with Crippen molar-refractivity contribution in [3.05, 3.63) is 60.2 Å². The van der Waals surface area contributed by atoms with Crippen LogP contribution in [-0.2, 0) is 11.2 Å². The van der Waals surface area contributed by atoms with Crippen LogP contribution in [0.4, 0.5) is 5.69 Å². The van der Waals surface area contributed by atoms with Crippen LogP contribution in [0.3, 0.4) is 0 Å². The average Bonchev–Trinajstić information content (AvgIpc) is 2.57. The lowest BCUT2D eigenvalue weighted by Gasteiger charge is -2.05. The zero-order chi connectivity index (χ0) is 16.3. The topological polar surface area (TPSA) is 43.1 Å². The first-order valence-corrected chi connectivity index (χ1v) is 9.27. The molecular formula is C20H25NOS. The third-order valence-electron chi connectivity index (χ3n) is 3.80. The van der Waals surface area contributed by atoms with Gasteiger partial charge in [-0.15, -0.1) is 11.8 Å². The van der Waals surface area contributed by atoms with Gasteiger partial charge in [-0.3, -0.25) is 4.79 Å². The summed E-state index contributed by atoms with van der Waals surface area (Å²) in [5, 5.41) is 0. The third-order valence-corrected chi connectivity index (χ3v) is 4.90. The Bertz CT molecular complexity index is 598. The summed E-state index contributed by atoms with van der Waals surface area (Å²) in [6.07, 6.45) is 5.66. The number of ketones is 1. The number of hydrogen-bond acceptors (Lipinski definition) is 3. The fraction of sp³-hybridized carbons (Fsp3) is 0.350. The number of Topliss-reactive ketones (excluding diaryl/α,β-unsaturated/α-hetero) is 1. The minimum Gasteiger partial charge on any atom is -0.398 e. The van der Waals surface area contributed by atoms with Crippen molar-refractivity contribution < 1.29 is 4.79 Å². The van der Waals surface area contributed by atoms with Gasteiger partial charge in [0.15, 0.2) is 0 Å². The summed E-state index contributed by atoms with van der Waals surface area (Å²) in [5.74, 6) is 1.44. The van der Waals surface area contributed by atoms with E-state index >= 15 is 0 Å². The lowest BCUT2D eigenvalue weighted by molar-refractivity contribution is -0.118. The van der Waals surface area contributed by atoms with Gasteiger partial charge in [-0.1, -0.05) is 49.2 Å². The monoisotopic (exact) mass is 327 g/mol. The van der Waals surface area contributed by atoms with E-state index in [-0.39, 0.29) is 0 Å². The summed E-state index contributed by atoms with van der Waals surface area (Å²) in [6.45, 7) is 0. The molecule has 0 radical (unpaired) electrons. The summed E-state index contributed by atoms with van der Waals surface area (Å²) in [7, 11) is 0. The zero-order valence-corrected chi connectivity index (χ0v) is 14.4. The first kappa shape index (κ1) is 17.6. The first-order valence-electron chi connectivity index (χ1n) is 8.28. The van der Waals surface area contributed by atoms with Gasteiger partial charge in [-0.25, -0.2) is 0 Å². The van der Waals surface area contributed by atoms with Crippen LogP contribution in [0.15, 0.2) is 59.5 Å². The Morgan fingerprint density at radius 1 is 0.870 bits per heavy atom. The molecule has 2 nitrogen and oxygen atoms in total. The number of nitrogens with two attached hydrogens (primary N) is 1. The highest BCUT2D eigenvalue weighted by Gasteiger charge is 2.06. The van der Waals surface area contributed by atoms with Crippen molar-refractivity contribution in [2.24, 2.45) is 0 Å². The molecule has 3 heteroatoms. The fourth-order valence-corrected chi connectivity index (χ4v) is 3.41. The summed E-state index contributed by atoms with van der Waals surface area (Å²) < 4.78 is 0. The highest BCUT2D eigenvalue weighted by molar-refractivity contribution is 7.99. The van der Waals surface area contributed by atoms with Gasteiger partial charge in [-0.2, -0.15) is 0 Å². The van der Waals surface area contributed by atoms with Crippen LogP contribution in [0.5, 0.6) is 0 Å². The Labute approximate surface area is 143 Å². The second-order valence-corrected chi connectivity index (χ2v) is 6.91. The number of benzene rings is 2. The van der Waals surface area contributed by atoms with Crippen molar-refractivity contribution in [3.8, 4) is 0 Å². The molecule has 0 unspecified atom stereocenters. The van der Waals surface area contributed by atoms with E-state index in [1.165, 1.54) is 17.7 Å². The number of carbonyl (C=O) groups is 1. The van der Waals surface area contributed by atoms with Crippen LogP contribution in [0.1, 0.15) is 37.7 Å².